The molecule has 1 aliphatic rings. The Kier molecular flexibility index (Phi) is 3.33. The fourth-order valence-electron chi connectivity index (χ4n) is 5.08. The highest BCUT2D eigenvalue weighted by Gasteiger charge is 2.22. The highest BCUT2D eigenvalue weighted by molar-refractivity contribution is 6.11. The second-order valence-electron chi connectivity index (χ2n) is 8.13. The van der Waals surface area contributed by atoms with Crippen molar-refractivity contribution in [2.24, 2.45) is 0 Å². The number of hydrogen-bond acceptors (Lipinski definition) is 1. The zero-order valence-electron chi connectivity index (χ0n) is 16.8. The molecule has 0 saturated heterocycles. The van der Waals surface area contributed by atoms with Gasteiger partial charge in [-0.15, -0.1) is 0 Å². The van der Waals surface area contributed by atoms with E-state index in [2.05, 4.69) is 97.1 Å². The monoisotopic (exact) mass is 394 g/mol. The Morgan fingerprint density at radius 3 is 1.29 bits per heavy atom. The number of rotatable bonds is 0. The van der Waals surface area contributed by atoms with E-state index in [1.54, 1.807) is 0 Å². The fourth-order valence-corrected chi connectivity index (χ4v) is 5.08. The van der Waals surface area contributed by atoms with Crippen molar-refractivity contribution in [3.05, 3.63) is 109 Å². The van der Waals surface area contributed by atoms with Gasteiger partial charge in [0, 0.05) is 10.8 Å². The first-order valence-electron chi connectivity index (χ1n) is 10.6. The molecule has 0 radical (unpaired) electrons. The minimum absolute atomic E-state index is 0.931. The van der Waals surface area contributed by atoms with E-state index in [1.807, 2.05) is 12.1 Å². The van der Waals surface area contributed by atoms with Crippen LogP contribution in [0.5, 0.6) is 0 Å². The Hall–Kier alpha value is -4.10. The molecule has 1 heteroatoms. The second kappa shape index (κ2) is 6.20. The molecule has 5 aromatic carbocycles. The van der Waals surface area contributed by atoms with Gasteiger partial charge >= 0.3 is 0 Å². The van der Waals surface area contributed by atoms with Crippen LogP contribution in [0.1, 0.15) is 0 Å². The molecular weight excluding hydrogens is 376 g/mol. The Morgan fingerprint density at radius 1 is 0.323 bits per heavy atom. The van der Waals surface area contributed by atoms with E-state index in [1.165, 1.54) is 44.5 Å². The lowest BCUT2D eigenvalue weighted by molar-refractivity contribution is 0.669. The number of fused-ring (bicyclic) bond motifs is 11. The molecule has 0 N–H and O–H groups in total. The summed E-state index contributed by atoms with van der Waals surface area (Å²) in [5, 5.41) is 2.32. The molecule has 7 rings (SSSR count). The van der Waals surface area contributed by atoms with Gasteiger partial charge in [-0.3, -0.25) is 0 Å². The van der Waals surface area contributed by atoms with Crippen LogP contribution in [0.2, 0.25) is 0 Å². The van der Waals surface area contributed by atoms with E-state index < -0.39 is 0 Å². The third kappa shape index (κ3) is 2.32. The van der Waals surface area contributed by atoms with Gasteiger partial charge in [-0.2, -0.15) is 0 Å². The molecule has 144 valence electrons. The van der Waals surface area contributed by atoms with Gasteiger partial charge in [-0.1, -0.05) is 91.0 Å². The molecule has 1 nitrogen and oxygen atoms in total. The Morgan fingerprint density at radius 2 is 0.742 bits per heavy atom. The summed E-state index contributed by atoms with van der Waals surface area (Å²) in [7, 11) is 0. The zero-order valence-corrected chi connectivity index (χ0v) is 16.8. The predicted molar refractivity (Wildman–Crippen MR) is 129 cm³/mol. The summed E-state index contributed by atoms with van der Waals surface area (Å²) >= 11 is 0. The largest absolute Gasteiger partial charge is 0.456 e. The highest BCUT2D eigenvalue weighted by atomic mass is 16.3. The van der Waals surface area contributed by atoms with Crippen molar-refractivity contribution >= 4 is 21.9 Å². The predicted octanol–water partition coefficient (Wildman–Crippen LogP) is 8.57. The van der Waals surface area contributed by atoms with Gasteiger partial charge in [-0.05, 0) is 62.7 Å². The Bertz CT molecular complexity index is 1630. The van der Waals surface area contributed by atoms with Crippen molar-refractivity contribution in [2.45, 2.75) is 0 Å². The van der Waals surface area contributed by atoms with Crippen molar-refractivity contribution in [1.82, 2.24) is 0 Å². The average molecular weight is 394 g/mol. The van der Waals surface area contributed by atoms with E-state index in [9.17, 15) is 0 Å². The smallest absolute Gasteiger partial charge is 0.136 e. The lowest BCUT2D eigenvalue weighted by atomic mass is 9.80. The lowest BCUT2D eigenvalue weighted by Crippen LogP contribution is -1.96. The molecular formula is C30H18O. The quantitative estimate of drug-likeness (QED) is 0.251. The van der Waals surface area contributed by atoms with Crippen molar-refractivity contribution in [3.8, 4) is 44.5 Å². The normalized spacial score (nSPS) is 11.9. The van der Waals surface area contributed by atoms with Crippen molar-refractivity contribution in [2.75, 3.05) is 0 Å². The maximum absolute atomic E-state index is 6.26. The minimum Gasteiger partial charge on any atom is -0.456 e. The second-order valence-corrected chi connectivity index (χ2v) is 8.13. The molecule has 6 aromatic rings. The van der Waals surface area contributed by atoms with Gasteiger partial charge < -0.3 is 4.42 Å². The average Bonchev–Trinajstić information content (AvgIpc) is 3.20. The summed E-state index contributed by atoms with van der Waals surface area (Å²) < 4.78 is 6.26. The number of benzene rings is 5. The van der Waals surface area contributed by atoms with Gasteiger partial charge in [0.05, 0.1) is 0 Å². The SMILES string of the molecule is c1ccc2c(c1)-c1ccccc1-c1cc3oc4ccccc4c3cc1-c1ccccc1-2. The van der Waals surface area contributed by atoms with Crippen LogP contribution in [-0.4, -0.2) is 0 Å². The van der Waals surface area contributed by atoms with Crippen LogP contribution >= 0.6 is 0 Å². The molecule has 1 heterocycles. The number of furan rings is 1. The van der Waals surface area contributed by atoms with Crippen LogP contribution in [-0.2, 0) is 0 Å². The topological polar surface area (TPSA) is 13.1 Å². The van der Waals surface area contributed by atoms with Crippen LogP contribution in [0.3, 0.4) is 0 Å². The molecule has 0 atom stereocenters. The molecule has 0 spiro atoms. The molecule has 0 saturated carbocycles. The first-order chi connectivity index (χ1) is 15.4. The first kappa shape index (κ1) is 16.7. The van der Waals surface area contributed by atoms with Gasteiger partial charge in [0.15, 0.2) is 0 Å². The third-order valence-electron chi connectivity index (χ3n) is 6.46. The van der Waals surface area contributed by atoms with Crippen LogP contribution in [0, 0.1) is 0 Å². The summed E-state index contributed by atoms with van der Waals surface area (Å²) in [5.41, 5.74) is 11.9. The maximum Gasteiger partial charge on any atom is 0.136 e. The van der Waals surface area contributed by atoms with E-state index >= 15 is 0 Å². The molecule has 0 aliphatic heterocycles. The van der Waals surface area contributed by atoms with Gasteiger partial charge in [0.25, 0.3) is 0 Å². The summed E-state index contributed by atoms with van der Waals surface area (Å²) in [4.78, 5) is 0. The molecule has 0 fully saturated rings. The van der Waals surface area contributed by atoms with Crippen molar-refractivity contribution < 1.29 is 4.42 Å². The van der Waals surface area contributed by atoms with E-state index in [0.717, 1.165) is 21.9 Å². The highest BCUT2D eigenvalue weighted by Crippen LogP contribution is 2.49. The van der Waals surface area contributed by atoms with E-state index in [-0.39, 0.29) is 0 Å². The molecule has 1 aromatic heterocycles. The Labute approximate surface area is 180 Å². The summed E-state index contributed by atoms with van der Waals surface area (Å²) in [5.74, 6) is 0. The summed E-state index contributed by atoms with van der Waals surface area (Å²) in [6, 6.07) is 39.0. The molecule has 31 heavy (non-hydrogen) atoms. The van der Waals surface area contributed by atoms with E-state index in [4.69, 9.17) is 4.42 Å². The number of para-hydroxylation sites is 1. The van der Waals surface area contributed by atoms with Gasteiger partial charge in [-0.25, -0.2) is 0 Å². The number of hydrogen-bond donors (Lipinski definition) is 0. The van der Waals surface area contributed by atoms with Crippen LogP contribution in [0.25, 0.3) is 66.4 Å². The van der Waals surface area contributed by atoms with Crippen LogP contribution in [0.15, 0.2) is 114 Å². The van der Waals surface area contributed by atoms with Crippen molar-refractivity contribution in [3.63, 3.8) is 0 Å². The van der Waals surface area contributed by atoms with E-state index in [0.29, 0.717) is 0 Å². The fraction of sp³-hybridized carbons (Fsp3) is 0. The maximum atomic E-state index is 6.26. The molecule has 0 unspecified atom stereocenters. The van der Waals surface area contributed by atoms with Crippen molar-refractivity contribution in [1.29, 1.82) is 0 Å². The molecule has 1 aliphatic carbocycles. The first-order valence-corrected chi connectivity index (χ1v) is 10.6. The van der Waals surface area contributed by atoms with Crippen LogP contribution in [0.4, 0.5) is 0 Å². The summed E-state index contributed by atoms with van der Waals surface area (Å²) in [6.07, 6.45) is 0. The van der Waals surface area contributed by atoms with Crippen LogP contribution < -0.4 is 0 Å². The molecule has 0 bridgehead atoms. The molecule has 0 amide bonds. The minimum atomic E-state index is 0.931. The third-order valence-corrected chi connectivity index (χ3v) is 6.46. The zero-order chi connectivity index (χ0) is 20.4. The standard InChI is InChI=1S/C30H18O/c1-2-10-20-19(9-1)21-11-3-5-13-23(21)26-17-28-25-15-7-8-16-29(25)31-30(28)18-27(26)24-14-6-4-12-22(20)24/h1-18H. The lowest BCUT2D eigenvalue weighted by Gasteiger charge is -2.23. The van der Waals surface area contributed by atoms with Gasteiger partial charge in [0.2, 0.25) is 0 Å². The summed E-state index contributed by atoms with van der Waals surface area (Å²) in [6.45, 7) is 0. The Balaban J connectivity index is 1.70. The van der Waals surface area contributed by atoms with Gasteiger partial charge in [0.1, 0.15) is 11.2 Å².